The number of nitrogens with one attached hydrogen (secondary N) is 1. The Kier molecular flexibility index (Phi) is 4.29. The molecule has 1 aliphatic rings. The van der Waals surface area contributed by atoms with Gasteiger partial charge in [0.1, 0.15) is 12.4 Å². The molecule has 0 bridgehead atoms. The third-order valence-corrected chi connectivity index (χ3v) is 5.65. The Morgan fingerprint density at radius 2 is 2.23 bits per heavy atom. The number of aryl methyl sites for hydroxylation is 1. The van der Waals surface area contributed by atoms with E-state index in [1.807, 2.05) is 25.5 Å². The molecule has 0 amide bonds. The van der Waals surface area contributed by atoms with E-state index in [9.17, 15) is 8.42 Å². The quantitative estimate of drug-likeness (QED) is 0.716. The topological polar surface area (TPSA) is 91.0 Å². The normalized spacial score (nSPS) is 17.5. The molecule has 4 rings (SSSR count). The van der Waals surface area contributed by atoms with Crippen LogP contribution in [0.4, 0.5) is 0 Å². The van der Waals surface area contributed by atoms with Crippen molar-refractivity contribution in [1.82, 2.24) is 24.6 Å². The van der Waals surface area contributed by atoms with Crippen molar-refractivity contribution in [3.63, 3.8) is 0 Å². The monoisotopic (exact) mass is 375 g/mol. The summed E-state index contributed by atoms with van der Waals surface area (Å²) in [5, 5.41) is 7.60. The van der Waals surface area contributed by atoms with Gasteiger partial charge in [0.25, 0.3) is 0 Å². The number of sulfone groups is 1. The fourth-order valence-electron chi connectivity index (χ4n) is 3.33. The number of hydrogen-bond donors (Lipinski definition) is 1. The van der Waals surface area contributed by atoms with Crippen molar-refractivity contribution in [3.05, 3.63) is 42.0 Å². The second-order valence-electron chi connectivity index (χ2n) is 6.64. The van der Waals surface area contributed by atoms with Gasteiger partial charge in [-0.3, -0.25) is 4.68 Å². The van der Waals surface area contributed by atoms with E-state index in [1.165, 1.54) is 6.26 Å². The molecule has 8 nitrogen and oxygen atoms in total. The Hall–Kier alpha value is -2.23. The number of aromatic nitrogens is 4. The summed E-state index contributed by atoms with van der Waals surface area (Å²) in [7, 11) is -1.36. The van der Waals surface area contributed by atoms with Gasteiger partial charge in [-0.15, -0.1) is 0 Å². The predicted octanol–water partition coefficient (Wildman–Crippen LogP) is 1.03. The molecule has 26 heavy (non-hydrogen) atoms. The average Bonchev–Trinajstić information content (AvgIpc) is 3.17. The first kappa shape index (κ1) is 17.2. The van der Waals surface area contributed by atoms with Crippen LogP contribution >= 0.6 is 0 Å². The van der Waals surface area contributed by atoms with Gasteiger partial charge >= 0.3 is 0 Å². The van der Waals surface area contributed by atoms with Crippen LogP contribution in [0.25, 0.3) is 11.0 Å². The Labute approximate surface area is 151 Å². The molecule has 0 saturated carbocycles. The SMILES string of the molecule is Cn1cc(CNC[C@H]2COCc3nc4cc(S(C)(=O)=O)ccc4n32)cn1. The van der Waals surface area contributed by atoms with Gasteiger partial charge in [0.05, 0.1) is 34.8 Å². The van der Waals surface area contributed by atoms with Crippen LogP contribution in [0.3, 0.4) is 0 Å². The maximum atomic E-state index is 11.8. The molecule has 1 aromatic carbocycles. The minimum Gasteiger partial charge on any atom is -0.371 e. The molecule has 0 spiro atoms. The molecule has 0 unspecified atom stereocenters. The Bertz CT molecular complexity index is 1050. The highest BCUT2D eigenvalue weighted by molar-refractivity contribution is 7.90. The van der Waals surface area contributed by atoms with Gasteiger partial charge in [-0.1, -0.05) is 0 Å². The number of hydrogen-bond acceptors (Lipinski definition) is 6. The van der Waals surface area contributed by atoms with Crippen molar-refractivity contribution in [2.45, 2.75) is 24.1 Å². The average molecular weight is 375 g/mol. The van der Waals surface area contributed by atoms with Crippen molar-refractivity contribution in [2.75, 3.05) is 19.4 Å². The minimum atomic E-state index is -3.25. The van der Waals surface area contributed by atoms with Crippen LogP contribution in [-0.2, 0) is 34.8 Å². The van der Waals surface area contributed by atoms with E-state index in [0.717, 1.165) is 30.0 Å². The third kappa shape index (κ3) is 3.25. The van der Waals surface area contributed by atoms with Gasteiger partial charge in [0, 0.05) is 38.2 Å². The molecule has 138 valence electrons. The van der Waals surface area contributed by atoms with Crippen LogP contribution < -0.4 is 5.32 Å². The summed E-state index contributed by atoms with van der Waals surface area (Å²) in [5.41, 5.74) is 2.74. The fraction of sp³-hybridized carbons (Fsp3) is 0.412. The summed E-state index contributed by atoms with van der Waals surface area (Å²) in [6, 6.07) is 5.21. The van der Waals surface area contributed by atoms with Gasteiger partial charge < -0.3 is 14.6 Å². The Morgan fingerprint density at radius 1 is 1.38 bits per heavy atom. The van der Waals surface area contributed by atoms with E-state index in [0.29, 0.717) is 18.7 Å². The number of fused-ring (bicyclic) bond motifs is 3. The summed E-state index contributed by atoms with van der Waals surface area (Å²) >= 11 is 0. The first-order chi connectivity index (χ1) is 12.4. The molecule has 9 heteroatoms. The van der Waals surface area contributed by atoms with Gasteiger partial charge in [0.15, 0.2) is 9.84 Å². The van der Waals surface area contributed by atoms with Crippen molar-refractivity contribution in [3.8, 4) is 0 Å². The summed E-state index contributed by atoms with van der Waals surface area (Å²) in [6.45, 7) is 2.47. The molecule has 0 aliphatic carbocycles. The second kappa shape index (κ2) is 6.49. The van der Waals surface area contributed by atoms with Crippen LogP contribution in [0.5, 0.6) is 0 Å². The highest BCUT2D eigenvalue weighted by Crippen LogP contribution is 2.27. The summed E-state index contributed by atoms with van der Waals surface area (Å²) in [6.07, 6.45) is 5.03. The van der Waals surface area contributed by atoms with Crippen molar-refractivity contribution < 1.29 is 13.2 Å². The molecule has 2 aromatic heterocycles. The molecule has 1 aliphatic heterocycles. The molecule has 0 saturated heterocycles. The lowest BCUT2D eigenvalue weighted by Crippen LogP contribution is -2.32. The molecule has 0 radical (unpaired) electrons. The standard InChI is InChI=1S/C17H21N5O3S/c1-21-9-12(7-19-21)6-18-8-13-10-25-11-17-20-15-5-14(26(2,23)24)3-4-16(15)22(13)17/h3-5,7,9,13,18H,6,8,10-11H2,1-2H3/t13-/m0/s1. The summed E-state index contributed by atoms with van der Waals surface area (Å²) < 4.78 is 33.2. The van der Waals surface area contributed by atoms with Crippen LogP contribution in [0, 0.1) is 0 Å². The van der Waals surface area contributed by atoms with Crippen LogP contribution in [0.15, 0.2) is 35.5 Å². The van der Waals surface area contributed by atoms with Crippen molar-refractivity contribution in [1.29, 1.82) is 0 Å². The Balaban J connectivity index is 1.58. The highest BCUT2D eigenvalue weighted by Gasteiger charge is 2.24. The van der Waals surface area contributed by atoms with Gasteiger partial charge in [-0.05, 0) is 18.2 Å². The minimum absolute atomic E-state index is 0.101. The molecular weight excluding hydrogens is 354 g/mol. The van der Waals surface area contributed by atoms with Gasteiger partial charge in [-0.2, -0.15) is 5.10 Å². The predicted molar refractivity (Wildman–Crippen MR) is 96.5 cm³/mol. The molecule has 1 atom stereocenters. The smallest absolute Gasteiger partial charge is 0.175 e. The van der Waals surface area contributed by atoms with Crippen LogP contribution in [-0.4, -0.2) is 47.2 Å². The zero-order valence-corrected chi connectivity index (χ0v) is 15.5. The number of ether oxygens (including phenoxy) is 1. The second-order valence-corrected chi connectivity index (χ2v) is 8.66. The summed E-state index contributed by atoms with van der Waals surface area (Å²) in [4.78, 5) is 4.86. The molecule has 0 fully saturated rings. The van der Waals surface area contributed by atoms with Crippen molar-refractivity contribution >= 4 is 20.9 Å². The van der Waals surface area contributed by atoms with E-state index >= 15 is 0 Å². The number of nitrogens with zero attached hydrogens (tertiary/aromatic N) is 4. The fourth-order valence-corrected chi connectivity index (χ4v) is 3.97. The zero-order valence-electron chi connectivity index (χ0n) is 14.7. The molecule has 3 heterocycles. The summed E-state index contributed by atoms with van der Waals surface area (Å²) in [5.74, 6) is 0.824. The van der Waals surface area contributed by atoms with E-state index in [-0.39, 0.29) is 10.9 Å². The third-order valence-electron chi connectivity index (χ3n) is 4.54. The lowest BCUT2D eigenvalue weighted by atomic mass is 10.2. The zero-order chi connectivity index (χ0) is 18.3. The van der Waals surface area contributed by atoms with Crippen LogP contribution in [0.1, 0.15) is 17.4 Å². The molecule has 1 N–H and O–H groups in total. The van der Waals surface area contributed by atoms with E-state index < -0.39 is 9.84 Å². The van der Waals surface area contributed by atoms with Gasteiger partial charge in [-0.25, -0.2) is 13.4 Å². The first-order valence-corrected chi connectivity index (χ1v) is 10.3. The molecule has 3 aromatic rings. The number of benzene rings is 1. The van der Waals surface area contributed by atoms with E-state index in [1.54, 1.807) is 16.8 Å². The van der Waals surface area contributed by atoms with Crippen molar-refractivity contribution in [2.24, 2.45) is 7.05 Å². The highest BCUT2D eigenvalue weighted by atomic mass is 32.2. The molecular formula is C17H21N5O3S. The number of imidazole rings is 1. The maximum absolute atomic E-state index is 11.8. The lowest BCUT2D eigenvalue weighted by Gasteiger charge is -2.26. The van der Waals surface area contributed by atoms with E-state index in [2.05, 4.69) is 20.0 Å². The van der Waals surface area contributed by atoms with Gasteiger partial charge in [0.2, 0.25) is 0 Å². The lowest BCUT2D eigenvalue weighted by molar-refractivity contribution is 0.0564. The Morgan fingerprint density at radius 3 is 2.96 bits per heavy atom. The largest absolute Gasteiger partial charge is 0.371 e. The van der Waals surface area contributed by atoms with Crippen LogP contribution in [0.2, 0.25) is 0 Å². The van der Waals surface area contributed by atoms with E-state index in [4.69, 9.17) is 4.74 Å². The first-order valence-electron chi connectivity index (χ1n) is 8.39. The number of rotatable bonds is 5. The maximum Gasteiger partial charge on any atom is 0.175 e.